The van der Waals surface area contributed by atoms with Gasteiger partial charge in [-0.3, -0.25) is 0 Å². The van der Waals surface area contributed by atoms with Crippen LogP contribution in [0.2, 0.25) is 0 Å². The molecule has 0 heteroatoms. The van der Waals surface area contributed by atoms with Gasteiger partial charge in [-0.25, -0.2) is 0 Å². The van der Waals surface area contributed by atoms with E-state index in [1.807, 2.05) is 0 Å². The Morgan fingerprint density at radius 3 is 0.917 bits per heavy atom. The van der Waals surface area contributed by atoms with Gasteiger partial charge in [0, 0.05) is 0 Å². The molecule has 0 unspecified atom stereocenters. The van der Waals surface area contributed by atoms with Crippen LogP contribution in [0, 0.1) is 35.5 Å². The van der Waals surface area contributed by atoms with Crippen LogP contribution in [0.4, 0.5) is 0 Å². The maximum atomic E-state index is 2.42. The van der Waals surface area contributed by atoms with Crippen molar-refractivity contribution >= 4 is 0 Å². The number of allylic oxidation sites excluding steroid dienone is 6. The predicted octanol–water partition coefficient (Wildman–Crippen LogP) is 2.41. The molecule has 0 aliphatic heterocycles. The molecule has 0 spiro atoms. The molecule has 0 aromatic rings. The molecule has 0 bridgehead atoms. The van der Waals surface area contributed by atoms with Gasteiger partial charge in [-0.05, 0) is 35.5 Å². The van der Waals surface area contributed by atoms with Crippen LogP contribution in [0.3, 0.4) is 0 Å². The van der Waals surface area contributed by atoms with Crippen molar-refractivity contribution in [2.75, 3.05) is 0 Å². The average molecular weight is 156 g/mol. The molecule has 4 aliphatic carbocycles. The average Bonchev–Trinajstić information content (AvgIpc) is 2.84. The highest BCUT2D eigenvalue weighted by molar-refractivity contribution is 5.34. The molecule has 60 valence electrons. The maximum Gasteiger partial charge on any atom is -0.00186 e. The first-order valence-corrected chi connectivity index (χ1v) is 5.00. The fourth-order valence-electron chi connectivity index (χ4n) is 3.66. The standard InChI is InChI=1S/C12H12/c1-2-8-5-6-9-4-3-7(1)10-11(8)12(9)10/h1-12H. The number of hydrogen-bond donors (Lipinski definition) is 0. The highest BCUT2D eigenvalue weighted by Gasteiger charge is 2.61. The lowest BCUT2D eigenvalue weighted by Crippen LogP contribution is -2.08. The van der Waals surface area contributed by atoms with Gasteiger partial charge in [-0.15, -0.1) is 0 Å². The van der Waals surface area contributed by atoms with Gasteiger partial charge < -0.3 is 0 Å². The minimum absolute atomic E-state index is 0.799. The van der Waals surface area contributed by atoms with E-state index in [0.29, 0.717) is 0 Å². The first kappa shape index (κ1) is 5.80. The van der Waals surface area contributed by atoms with Crippen LogP contribution in [0.5, 0.6) is 0 Å². The van der Waals surface area contributed by atoms with Gasteiger partial charge in [-0.1, -0.05) is 36.5 Å². The number of hydrogen-bond acceptors (Lipinski definition) is 0. The third-order valence-electron chi connectivity index (χ3n) is 4.19. The summed E-state index contributed by atoms with van der Waals surface area (Å²) in [5.74, 6) is 5.45. The van der Waals surface area contributed by atoms with Crippen molar-refractivity contribution in [2.45, 2.75) is 0 Å². The lowest BCUT2D eigenvalue weighted by molar-refractivity contribution is 0.531. The van der Waals surface area contributed by atoms with E-state index < -0.39 is 0 Å². The molecule has 1 fully saturated rings. The summed E-state index contributed by atoms with van der Waals surface area (Å²) in [6, 6.07) is 0. The van der Waals surface area contributed by atoms with Crippen LogP contribution in [0.25, 0.3) is 0 Å². The zero-order chi connectivity index (χ0) is 7.71. The predicted molar refractivity (Wildman–Crippen MR) is 48.4 cm³/mol. The molecular formula is C12H12. The van der Waals surface area contributed by atoms with E-state index in [0.717, 1.165) is 35.5 Å². The molecule has 0 heterocycles. The molecule has 4 aliphatic rings. The third-order valence-corrected chi connectivity index (χ3v) is 4.19. The molecule has 0 aromatic heterocycles. The number of rotatable bonds is 0. The van der Waals surface area contributed by atoms with E-state index in [1.54, 1.807) is 0 Å². The summed E-state index contributed by atoms with van der Waals surface area (Å²) in [6.07, 6.45) is 14.5. The first-order valence-electron chi connectivity index (χ1n) is 5.00. The summed E-state index contributed by atoms with van der Waals surface area (Å²) in [5.41, 5.74) is 0. The van der Waals surface area contributed by atoms with Crippen LogP contribution in [-0.4, -0.2) is 0 Å². The van der Waals surface area contributed by atoms with Crippen molar-refractivity contribution in [3.8, 4) is 0 Å². The lowest BCUT2D eigenvalue weighted by atomic mass is 9.89. The van der Waals surface area contributed by atoms with Crippen molar-refractivity contribution in [2.24, 2.45) is 35.5 Å². The third kappa shape index (κ3) is 0.475. The first-order chi connectivity index (χ1) is 5.95. The molecule has 12 heavy (non-hydrogen) atoms. The van der Waals surface area contributed by atoms with E-state index in [1.165, 1.54) is 0 Å². The summed E-state index contributed by atoms with van der Waals surface area (Å²) in [6.45, 7) is 0. The highest BCUT2D eigenvalue weighted by Crippen LogP contribution is 2.66. The fourth-order valence-corrected chi connectivity index (χ4v) is 3.66. The quantitative estimate of drug-likeness (QED) is 0.472. The summed E-state index contributed by atoms with van der Waals surface area (Å²) >= 11 is 0. The molecular weight excluding hydrogens is 144 g/mol. The van der Waals surface area contributed by atoms with Gasteiger partial charge in [0.2, 0.25) is 0 Å². The van der Waals surface area contributed by atoms with Crippen LogP contribution < -0.4 is 0 Å². The van der Waals surface area contributed by atoms with Crippen molar-refractivity contribution in [1.29, 1.82) is 0 Å². The van der Waals surface area contributed by atoms with Crippen LogP contribution in [-0.2, 0) is 0 Å². The van der Waals surface area contributed by atoms with Crippen molar-refractivity contribution in [1.82, 2.24) is 0 Å². The van der Waals surface area contributed by atoms with Crippen LogP contribution in [0.1, 0.15) is 0 Å². The lowest BCUT2D eigenvalue weighted by Gasteiger charge is -2.16. The van der Waals surface area contributed by atoms with Crippen molar-refractivity contribution in [3.63, 3.8) is 0 Å². The highest BCUT2D eigenvalue weighted by atomic mass is 14.6. The van der Waals surface area contributed by atoms with Gasteiger partial charge >= 0.3 is 0 Å². The topological polar surface area (TPSA) is 0 Å². The Kier molecular flexibility index (Phi) is 0.778. The largest absolute Gasteiger partial charge is 0.0807 e. The molecule has 1 saturated carbocycles. The zero-order valence-corrected chi connectivity index (χ0v) is 6.93. The smallest absolute Gasteiger partial charge is 0.00186 e. The molecule has 0 radical (unpaired) electrons. The SMILES string of the molecule is C1=CC2C=CC3C=CC1C1C2C31. The molecule has 0 saturated heterocycles. The Labute approximate surface area is 72.7 Å². The maximum absolute atomic E-state index is 2.42. The molecule has 0 atom stereocenters. The summed E-state index contributed by atoms with van der Waals surface area (Å²) in [5, 5.41) is 0. The molecule has 4 rings (SSSR count). The second-order valence-corrected chi connectivity index (χ2v) is 4.62. The molecule has 0 nitrogen and oxygen atoms in total. The second-order valence-electron chi connectivity index (χ2n) is 4.62. The van der Waals surface area contributed by atoms with E-state index in [4.69, 9.17) is 0 Å². The summed E-state index contributed by atoms with van der Waals surface area (Å²) in [4.78, 5) is 0. The summed E-state index contributed by atoms with van der Waals surface area (Å²) < 4.78 is 0. The zero-order valence-electron chi connectivity index (χ0n) is 6.93. The van der Waals surface area contributed by atoms with E-state index in [-0.39, 0.29) is 0 Å². The van der Waals surface area contributed by atoms with Crippen LogP contribution >= 0.6 is 0 Å². The van der Waals surface area contributed by atoms with Crippen molar-refractivity contribution < 1.29 is 0 Å². The molecule has 0 amide bonds. The van der Waals surface area contributed by atoms with Gasteiger partial charge in [0.15, 0.2) is 0 Å². The molecule has 0 N–H and O–H groups in total. The molecule has 0 aromatic carbocycles. The van der Waals surface area contributed by atoms with E-state index >= 15 is 0 Å². The minimum Gasteiger partial charge on any atom is -0.0807 e. The Morgan fingerprint density at radius 1 is 0.417 bits per heavy atom. The van der Waals surface area contributed by atoms with Gasteiger partial charge in [-0.2, -0.15) is 0 Å². The van der Waals surface area contributed by atoms with E-state index in [2.05, 4.69) is 36.5 Å². The van der Waals surface area contributed by atoms with E-state index in [9.17, 15) is 0 Å². The van der Waals surface area contributed by atoms with Gasteiger partial charge in [0.1, 0.15) is 0 Å². The Balaban J connectivity index is 1.98. The van der Waals surface area contributed by atoms with Crippen molar-refractivity contribution in [3.05, 3.63) is 36.5 Å². The Morgan fingerprint density at radius 2 is 0.667 bits per heavy atom. The Bertz CT molecular complexity index is 245. The Hall–Kier alpha value is -0.780. The van der Waals surface area contributed by atoms with Crippen LogP contribution in [0.15, 0.2) is 36.5 Å². The van der Waals surface area contributed by atoms with Gasteiger partial charge in [0.05, 0.1) is 0 Å². The monoisotopic (exact) mass is 156 g/mol. The second kappa shape index (κ2) is 1.61. The van der Waals surface area contributed by atoms with Gasteiger partial charge in [0.25, 0.3) is 0 Å². The normalized spacial score (nSPS) is 62.0. The fraction of sp³-hybridized carbons (Fsp3) is 0.500. The summed E-state index contributed by atoms with van der Waals surface area (Å²) in [7, 11) is 0. The minimum atomic E-state index is 0.799.